The molecule has 2 atom stereocenters. The van der Waals surface area contributed by atoms with Gasteiger partial charge in [-0.3, -0.25) is 24.6 Å². The van der Waals surface area contributed by atoms with E-state index in [2.05, 4.69) is 16.0 Å². The van der Waals surface area contributed by atoms with Gasteiger partial charge in [0.1, 0.15) is 6.04 Å². The summed E-state index contributed by atoms with van der Waals surface area (Å²) in [4.78, 5) is 39.6. The Bertz CT molecular complexity index is 859. The van der Waals surface area contributed by atoms with Crippen LogP contribution in [0.25, 0.3) is 0 Å². The van der Waals surface area contributed by atoms with Gasteiger partial charge in [0, 0.05) is 57.8 Å². The van der Waals surface area contributed by atoms with Crippen LogP contribution in [0.5, 0.6) is 0 Å². The number of hydrogen-bond acceptors (Lipinski definition) is 6. The molecule has 3 amide bonds. The van der Waals surface area contributed by atoms with E-state index in [9.17, 15) is 23.2 Å². The molecule has 0 radical (unpaired) electrons. The lowest BCUT2D eigenvalue weighted by Gasteiger charge is -2.34. The van der Waals surface area contributed by atoms with E-state index in [1.54, 1.807) is 12.1 Å². The Morgan fingerprint density at radius 2 is 1.94 bits per heavy atom. The zero-order valence-electron chi connectivity index (χ0n) is 17.2. The van der Waals surface area contributed by atoms with E-state index in [0.717, 1.165) is 11.1 Å². The largest absolute Gasteiger partial charge is 0.322 e. The van der Waals surface area contributed by atoms with Gasteiger partial charge in [-0.15, -0.1) is 0 Å². The van der Waals surface area contributed by atoms with Crippen molar-refractivity contribution in [2.75, 3.05) is 32.7 Å². The summed E-state index contributed by atoms with van der Waals surface area (Å²) in [7, 11) is 0. The zero-order valence-corrected chi connectivity index (χ0v) is 17.2. The number of fused-ring (bicyclic) bond motifs is 1. The van der Waals surface area contributed by atoms with Gasteiger partial charge >= 0.3 is 0 Å². The van der Waals surface area contributed by atoms with Gasteiger partial charge in [0.15, 0.2) is 0 Å². The summed E-state index contributed by atoms with van der Waals surface area (Å²) in [6, 6.07) is 3.93. The third-order valence-electron chi connectivity index (χ3n) is 6.18. The van der Waals surface area contributed by atoms with E-state index >= 15 is 0 Å². The Balaban J connectivity index is 1.36. The normalized spacial score (nSPS) is 23.3. The second-order valence-corrected chi connectivity index (χ2v) is 8.21. The van der Waals surface area contributed by atoms with Crippen LogP contribution in [0.4, 0.5) is 8.78 Å². The van der Waals surface area contributed by atoms with Crippen LogP contribution in [0.1, 0.15) is 34.3 Å². The molecule has 0 aliphatic carbocycles. The maximum Gasteiger partial charge on any atom is 0.255 e. The molecule has 0 aromatic heterocycles. The Hall–Kier alpha value is -2.43. The predicted molar refractivity (Wildman–Crippen MR) is 108 cm³/mol. The first-order valence-corrected chi connectivity index (χ1v) is 10.6. The molecule has 1 aromatic carbocycles. The average Bonchev–Trinajstić information content (AvgIpc) is 3.07. The highest BCUT2D eigenvalue weighted by molar-refractivity contribution is 6.05. The molecule has 168 valence electrons. The molecule has 3 aliphatic rings. The van der Waals surface area contributed by atoms with Gasteiger partial charge in [0.2, 0.25) is 11.8 Å². The first-order chi connectivity index (χ1) is 14.9. The highest BCUT2D eigenvalue weighted by Gasteiger charge is 2.39. The summed E-state index contributed by atoms with van der Waals surface area (Å²) in [6.07, 6.45) is -1.89. The Morgan fingerprint density at radius 1 is 1.16 bits per heavy atom. The first kappa shape index (κ1) is 21.8. The highest BCUT2D eigenvalue weighted by Crippen LogP contribution is 2.28. The van der Waals surface area contributed by atoms with Crippen LogP contribution < -0.4 is 16.0 Å². The van der Waals surface area contributed by atoms with Crippen molar-refractivity contribution in [3.05, 3.63) is 34.9 Å². The van der Waals surface area contributed by atoms with E-state index in [1.165, 1.54) is 4.90 Å². The SMILES string of the molecule is O=C1CCC(N2Cc3cc(CNCC(C(F)F)N4CCNCC4)ccc3C2=O)C(=O)N1. The molecule has 2 fully saturated rings. The molecular weight excluding hydrogens is 408 g/mol. The predicted octanol–water partition coefficient (Wildman–Crippen LogP) is 0.0761. The van der Waals surface area contributed by atoms with Crippen LogP contribution >= 0.6 is 0 Å². The summed E-state index contributed by atoms with van der Waals surface area (Å²) in [5.41, 5.74) is 2.24. The monoisotopic (exact) mass is 435 g/mol. The van der Waals surface area contributed by atoms with E-state index < -0.39 is 24.4 Å². The van der Waals surface area contributed by atoms with Gasteiger partial charge in [0.25, 0.3) is 12.3 Å². The summed E-state index contributed by atoms with van der Waals surface area (Å²) in [5.74, 6) is -0.979. The van der Waals surface area contributed by atoms with Crippen molar-refractivity contribution in [2.45, 2.75) is 44.4 Å². The summed E-state index contributed by atoms with van der Waals surface area (Å²) < 4.78 is 27.0. The molecule has 3 aliphatic heterocycles. The maximum atomic E-state index is 13.5. The number of piperazine rings is 1. The van der Waals surface area contributed by atoms with E-state index in [1.807, 2.05) is 11.0 Å². The molecule has 0 bridgehead atoms. The van der Waals surface area contributed by atoms with Crippen molar-refractivity contribution in [3.8, 4) is 0 Å². The lowest BCUT2D eigenvalue weighted by molar-refractivity contribution is -0.136. The van der Waals surface area contributed by atoms with Crippen molar-refractivity contribution in [3.63, 3.8) is 0 Å². The van der Waals surface area contributed by atoms with Crippen molar-refractivity contribution in [2.24, 2.45) is 0 Å². The summed E-state index contributed by atoms with van der Waals surface area (Å²) in [5, 5.41) is 8.59. The van der Waals surface area contributed by atoms with E-state index in [-0.39, 0.29) is 24.8 Å². The number of hydrogen-bond donors (Lipinski definition) is 3. The van der Waals surface area contributed by atoms with Crippen molar-refractivity contribution in [1.29, 1.82) is 0 Å². The van der Waals surface area contributed by atoms with Gasteiger partial charge in [-0.1, -0.05) is 12.1 Å². The molecule has 8 nitrogen and oxygen atoms in total. The van der Waals surface area contributed by atoms with Crippen LogP contribution in [0.15, 0.2) is 18.2 Å². The standard InChI is InChI=1S/C21H27F2N5O3/c22-19(23)17(27-7-5-24-6-8-27)11-25-10-13-1-2-15-14(9-13)12-28(21(15)31)16-3-4-18(29)26-20(16)30/h1-2,9,16-17,19,24-25H,3-8,10-12H2,(H,26,29,30). The summed E-state index contributed by atoms with van der Waals surface area (Å²) in [6.45, 7) is 3.53. The lowest BCUT2D eigenvalue weighted by atomic mass is 10.0. The van der Waals surface area contributed by atoms with Crippen LogP contribution in [-0.2, 0) is 22.7 Å². The van der Waals surface area contributed by atoms with Crippen molar-refractivity contribution < 1.29 is 23.2 Å². The Morgan fingerprint density at radius 3 is 2.65 bits per heavy atom. The lowest BCUT2D eigenvalue weighted by Crippen LogP contribution is -2.54. The third kappa shape index (κ3) is 4.76. The molecule has 31 heavy (non-hydrogen) atoms. The van der Waals surface area contributed by atoms with E-state index in [4.69, 9.17) is 0 Å². The fraction of sp³-hybridized carbons (Fsp3) is 0.571. The highest BCUT2D eigenvalue weighted by atomic mass is 19.3. The molecule has 3 N–H and O–H groups in total. The van der Waals surface area contributed by atoms with Crippen LogP contribution in [0, 0.1) is 0 Å². The fourth-order valence-corrected chi connectivity index (χ4v) is 4.49. The number of amides is 3. The van der Waals surface area contributed by atoms with Gasteiger partial charge in [-0.05, 0) is 23.6 Å². The maximum absolute atomic E-state index is 13.5. The number of alkyl halides is 2. The molecule has 0 spiro atoms. The smallest absolute Gasteiger partial charge is 0.255 e. The molecule has 3 heterocycles. The fourth-order valence-electron chi connectivity index (χ4n) is 4.49. The molecule has 0 saturated carbocycles. The van der Waals surface area contributed by atoms with Gasteiger partial charge < -0.3 is 15.5 Å². The number of rotatable bonds is 7. The third-order valence-corrected chi connectivity index (χ3v) is 6.18. The van der Waals surface area contributed by atoms with Gasteiger partial charge in [-0.25, -0.2) is 8.78 Å². The number of carbonyl (C=O) groups is 3. The molecule has 2 saturated heterocycles. The number of carbonyl (C=O) groups excluding carboxylic acids is 3. The van der Waals surface area contributed by atoms with Crippen LogP contribution in [-0.4, -0.2) is 78.8 Å². The van der Waals surface area contributed by atoms with Crippen molar-refractivity contribution in [1.82, 2.24) is 25.8 Å². The molecular formula is C21H27F2N5O3. The minimum atomic E-state index is -2.43. The second-order valence-electron chi connectivity index (χ2n) is 8.21. The first-order valence-electron chi connectivity index (χ1n) is 10.6. The molecule has 2 unspecified atom stereocenters. The van der Waals surface area contributed by atoms with Crippen LogP contribution in [0.3, 0.4) is 0 Å². The zero-order chi connectivity index (χ0) is 22.0. The van der Waals surface area contributed by atoms with Gasteiger partial charge in [0.05, 0.1) is 6.04 Å². The molecule has 4 rings (SSSR count). The van der Waals surface area contributed by atoms with Crippen molar-refractivity contribution >= 4 is 17.7 Å². The van der Waals surface area contributed by atoms with Crippen LogP contribution in [0.2, 0.25) is 0 Å². The number of nitrogens with one attached hydrogen (secondary N) is 3. The minimum Gasteiger partial charge on any atom is -0.322 e. The Labute approximate surface area is 179 Å². The number of nitrogens with zero attached hydrogens (tertiary/aromatic N) is 2. The van der Waals surface area contributed by atoms with Gasteiger partial charge in [-0.2, -0.15) is 0 Å². The minimum absolute atomic E-state index is 0.177. The topological polar surface area (TPSA) is 93.8 Å². The quantitative estimate of drug-likeness (QED) is 0.525. The summed E-state index contributed by atoms with van der Waals surface area (Å²) >= 11 is 0. The number of imide groups is 1. The average molecular weight is 435 g/mol. The molecule has 1 aromatic rings. The second kappa shape index (κ2) is 9.37. The number of piperidine rings is 1. The van der Waals surface area contributed by atoms with E-state index in [0.29, 0.717) is 51.3 Å². The number of halogens is 2. The molecule has 10 heteroatoms. The Kier molecular flexibility index (Phi) is 6.59. The number of benzene rings is 1.